The van der Waals surface area contributed by atoms with Crippen molar-refractivity contribution in [3.63, 3.8) is 0 Å². The van der Waals surface area contributed by atoms with Crippen LogP contribution >= 0.6 is 0 Å². The summed E-state index contributed by atoms with van der Waals surface area (Å²) >= 11 is 0. The third-order valence-electron chi connectivity index (χ3n) is 6.41. The molecule has 1 aromatic heterocycles. The van der Waals surface area contributed by atoms with E-state index in [0.717, 1.165) is 44.2 Å². The van der Waals surface area contributed by atoms with Gasteiger partial charge in [-0.2, -0.15) is 9.97 Å². The topological polar surface area (TPSA) is 62.8 Å². The van der Waals surface area contributed by atoms with Crippen LogP contribution in [0, 0.1) is 5.41 Å². The Morgan fingerprint density at radius 3 is 2.70 bits per heavy atom. The van der Waals surface area contributed by atoms with Crippen LogP contribution in [0.4, 0.5) is 5.82 Å². The quantitative estimate of drug-likeness (QED) is 0.804. The molecule has 0 amide bonds. The molecule has 1 aliphatic carbocycles. The smallest absolute Gasteiger partial charge is 0.318 e. The van der Waals surface area contributed by atoms with Gasteiger partial charge in [-0.05, 0) is 39.8 Å². The summed E-state index contributed by atoms with van der Waals surface area (Å²) in [6.07, 6.45) is 5.85. The van der Waals surface area contributed by atoms with E-state index in [9.17, 15) is 0 Å². The second-order valence-corrected chi connectivity index (χ2v) is 9.13. The number of ether oxygens (including phenoxy) is 2. The van der Waals surface area contributed by atoms with Crippen LogP contribution < -0.4 is 15.0 Å². The third-order valence-corrected chi connectivity index (χ3v) is 6.41. The van der Waals surface area contributed by atoms with Crippen molar-refractivity contribution in [3.05, 3.63) is 11.3 Å². The minimum atomic E-state index is 0.292. The van der Waals surface area contributed by atoms with Gasteiger partial charge < -0.3 is 24.6 Å². The fourth-order valence-electron chi connectivity index (χ4n) is 4.90. The monoisotopic (exact) mass is 373 g/mol. The number of nitrogens with one attached hydrogen (secondary N) is 1. The fraction of sp³-hybridized carbons (Fsp3) is 0.800. The van der Waals surface area contributed by atoms with Gasteiger partial charge in [0.05, 0.1) is 25.5 Å². The molecule has 4 heterocycles. The van der Waals surface area contributed by atoms with Gasteiger partial charge in [-0.3, -0.25) is 0 Å². The van der Waals surface area contributed by atoms with E-state index in [4.69, 9.17) is 19.4 Å². The van der Waals surface area contributed by atoms with Gasteiger partial charge in [0.1, 0.15) is 5.82 Å². The molecule has 3 aliphatic heterocycles. The van der Waals surface area contributed by atoms with Gasteiger partial charge in [0, 0.05) is 49.1 Å². The number of piperazine rings is 1. The summed E-state index contributed by atoms with van der Waals surface area (Å²) in [4.78, 5) is 14.3. The fourth-order valence-corrected chi connectivity index (χ4v) is 4.90. The molecular weight excluding hydrogens is 342 g/mol. The highest BCUT2D eigenvalue weighted by molar-refractivity contribution is 5.51. The van der Waals surface area contributed by atoms with E-state index in [1.165, 1.54) is 31.2 Å². The van der Waals surface area contributed by atoms with Gasteiger partial charge in [0.25, 0.3) is 0 Å². The van der Waals surface area contributed by atoms with Crippen molar-refractivity contribution in [1.82, 2.24) is 20.2 Å². The molecule has 1 saturated carbocycles. The van der Waals surface area contributed by atoms with E-state index in [1.54, 1.807) is 0 Å². The molecule has 148 valence electrons. The number of aromatic nitrogens is 2. The van der Waals surface area contributed by atoms with Crippen molar-refractivity contribution >= 4 is 5.82 Å². The standard InChI is InChI=1S/C20H31N5O2/c1-24(2)12-20(6-7-20)13-27-19-22-17-5-8-26-11-16(17)18(23-19)25-9-14-3-4-15(10-25)21-14/h14-15,21H,3-13H2,1-2H3. The first-order valence-electron chi connectivity index (χ1n) is 10.4. The van der Waals surface area contributed by atoms with E-state index < -0.39 is 0 Å². The lowest BCUT2D eigenvalue weighted by molar-refractivity contribution is 0.108. The molecule has 0 radical (unpaired) electrons. The number of hydrogen-bond acceptors (Lipinski definition) is 7. The van der Waals surface area contributed by atoms with Crippen LogP contribution in [-0.2, 0) is 17.8 Å². The zero-order valence-corrected chi connectivity index (χ0v) is 16.5. The third kappa shape index (κ3) is 3.65. The van der Waals surface area contributed by atoms with Gasteiger partial charge in [-0.25, -0.2) is 0 Å². The molecular formula is C20H31N5O2. The molecule has 3 fully saturated rings. The van der Waals surface area contributed by atoms with Crippen molar-refractivity contribution in [2.24, 2.45) is 5.41 Å². The van der Waals surface area contributed by atoms with E-state index in [0.29, 0.717) is 36.7 Å². The second kappa shape index (κ2) is 6.87. The molecule has 2 unspecified atom stereocenters. The lowest BCUT2D eigenvalue weighted by Crippen LogP contribution is -2.51. The Labute approximate surface area is 161 Å². The molecule has 7 heteroatoms. The Morgan fingerprint density at radius 2 is 2.00 bits per heavy atom. The van der Waals surface area contributed by atoms with Gasteiger partial charge in [-0.1, -0.05) is 0 Å². The molecule has 7 nitrogen and oxygen atoms in total. The van der Waals surface area contributed by atoms with E-state index in [1.807, 2.05) is 0 Å². The lowest BCUT2D eigenvalue weighted by atomic mass is 10.1. The van der Waals surface area contributed by atoms with Gasteiger partial charge >= 0.3 is 6.01 Å². The Kier molecular flexibility index (Phi) is 4.49. The number of anilines is 1. The molecule has 1 N–H and O–H groups in total. The molecule has 5 rings (SSSR count). The van der Waals surface area contributed by atoms with Crippen LogP contribution in [0.3, 0.4) is 0 Å². The second-order valence-electron chi connectivity index (χ2n) is 9.13. The van der Waals surface area contributed by atoms with Gasteiger partial charge in [-0.15, -0.1) is 0 Å². The van der Waals surface area contributed by atoms with E-state index in [-0.39, 0.29) is 0 Å². The van der Waals surface area contributed by atoms with Crippen molar-refractivity contribution in [2.75, 3.05) is 51.8 Å². The molecule has 2 atom stereocenters. The lowest BCUT2D eigenvalue weighted by Gasteiger charge is -2.35. The number of fused-ring (bicyclic) bond motifs is 3. The predicted molar refractivity (Wildman–Crippen MR) is 103 cm³/mol. The first kappa shape index (κ1) is 17.6. The Balaban J connectivity index is 1.38. The summed E-state index contributed by atoms with van der Waals surface area (Å²) in [5.74, 6) is 1.05. The molecule has 2 bridgehead atoms. The molecule has 0 aromatic carbocycles. The average molecular weight is 374 g/mol. The van der Waals surface area contributed by atoms with E-state index in [2.05, 4.69) is 29.2 Å². The minimum absolute atomic E-state index is 0.292. The Morgan fingerprint density at radius 1 is 1.22 bits per heavy atom. The molecule has 2 saturated heterocycles. The highest BCUT2D eigenvalue weighted by atomic mass is 16.5. The number of rotatable bonds is 6. The van der Waals surface area contributed by atoms with Crippen LogP contribution in [0.25, 0.3) is 0 Å². The van der Waals surface area contributed by atoms with Crippen molar-refractivity contribution in [2.45, 2.75) is 50.8 Å². The maximum Gasteiger partial charge on any atom is 0.318 e. The summed E-state index contributed by atoms with van der Waals surface area (Å²) in [5.41, 5.74) is 2.58. The molecule has 4 aliphatic rings. The highest BCUT2D eigenvalue weighted by Crippen LogP contribution is 2.46. The SMILES string of the molecule is CN(C)CC1(COc2nc3c(c(N4CC5CCC(C4)N5)n2)COCC3)CC1. The predicted octanol–water partition coefficient (Wildman–Crippen LogP) is 1.21. The summed E-state index contributed by atoms with van der Waals surface area (Å²) in [5, 5.41) is 3.70. The Bertz CT molecular complexity index is 694. The Hall–Kier alpha value is -1.44. The van der Waals surface area contributed by atoms with Gasteiger partial charge in [0.15, 0.2) is 0 Å². The van der Waals surface area contributed by atoms with Crippen molar-refractivity contribution in [1.29, 1.82) is 0 Å². The van der Waals surface area contributed by atoms with Crippen LogP contribution in [0.15, 0.2) is 0 Å². The zero-order chi connectivity index (χ0) is 18.4. The maximum atomic E-state index is 6.17. The summed E-state index contributed by atoms with van der Waals surface area (Å²) in [6.45, 7) is 5.18. The summed E-state index contributed by atoms with van der Waals surface area (Å²) < 4.78 is 11.9. The average Bonchev–Trinajstić information content (AvgIpc) is 3.34. The minimum Gasteiger partial charge on any atom is -0.463 e. The normalized spacial score (nSPS) is 28.3. The molecule has 0 spiro atoms. The maximum absolute atomic E-state index is 6.17. The van der Waals surface area contributed by atoms with Gasteiger partial charge in [0.2, 0.25) is 0 Å². The summed E-state index contributed by atoms with van der Waals surface area (Å²) in [7, 11) is 4.26. The van der Waals surface area contributed by atoms with Crippen LogP contribution in [0.1, 0.15) is 36.9 Å². The first-order chi connectivity index (χ1) is 13.1. The van der Waals surface area contributed by atoms with Crippen molar-refractivity contribution in [3.8, 4) is 6.01 Å². The number of nitrogens with zero attached hydrogens (tertiary/aromatic N) is 4. The van der Waals surface area contributed by atoms with E-state index >= 15 is 0 Å². The first-order valence-corrected chi connectivity index (χ1v) is 10.4. The number of hydrogen-bond donors (Lipinski definition) is 1. The zero-order valence-electron chi connectivity index (χ0n) is 16.5. The van der Waals surface area contributed by atoms with Crippen LogP contribution in [0.2, 0.25) is 0 Å². The largest absolute Gasteiger partial charge is 0.463 e. The van der Waals surface area contributed by atoms with Crippen LogP contribution in [0.5, 0.6) is 6.01 Å². The molecule has 27 heavy (non-hydrogen) atoms. The molecule has 1 aromatic rings. The van der Waals surface area contributed by atoms with Crippen LogP contribution in [-0.4, -0.2) is 73.9 Å². The van der Waals surface area contributed by atoms with Crippen molar-refractivity contribution < 1.29 is 9.47 Å². The summed E-state index contributed by atoms with van der Waals surface area (Å²) in [6, 6.07) is 1.72. The highest BCUT2D eigenvalue weighted by Gasteiger charge is 2.44.